The van der Waals surface area contributed by atoms with E-state index in [-0.39, 0.29) is 41.1 Å². The van der Waals surface area contributed by atoms with Crippen LogP contribution < -0.4 is 10.6 Å². The zero-order valence-electron chi connectivity index (χ0n) is 24.3. The zero-order chi connectivity index (χ0) is 28.8. The summed E-state index contributed by atoms with van der Waals surface area (Å²) in [4.78, 5) is 52.9. The quantitative estimate of drug-likeness (QED) is 0.521. The van der Waals surface area contributed by atoms with Crippen LogP contribution in [0.1, 0.15) is 95.2 Å². The number of benzene rings is 1. The van der Waals surface area contributed by atoms with E-state index in [9.17, 15) is 24.3 Å². The molecule has 0 bridgehead atoms. The summed E-state index contributed by atoms with van der Waals surface area (Å²) in [5.74, 6) is 0.557. The van der Waals surface area contributed by atoms with E-state index in [1.807, 2.05) is 44.7 Å². The number of piperazine rings is 2. The number of phenolic OH excluding ortho intramolecular Hbond substituents is 1. The van der Waals surface area contributed by atoms with Crippen molar-refractivity contribution in [3.63, 3.8) is 0 Å². The molecular formula is C31H44N4O5. The Bertz CT molecular complexity index is 1200. The third-order valence-corrected chi connectivity index (χ3v) is 9.36. The maximum Gasteiger partial charge on any atom is 0.249 e. The van der Waals surface area contributed by atoms with Gasteiger partial charge in [0.1, 0.15) is 29.4 Å². The van der Waals surface area contributed by atoms with E-state index >= 15 is 0 Å². The van der Waals surface area contributed by atoms with Crippen molar-refractivity contribution in [3.8, 4) is 5.75 Å². The molecular weight excluding hydrogens is 508 g/mol. The first-order valence-corrected chi connectivity index (χ1v) is 15.0. The van der Waals surface area contributed by atoms with Crippen LogP contribution in [0.15, 0.2) is 12.1 Å². The first-order valence-electron chi connectivity index (χ1n) is 15.0. The number of rotatable bonds is 2. The number of nitrogens with one attached hydrogen (secondary N) is 2. The molecule has 0 unspecified atom stereocenters. The molecule has 4 heterocycles. The minimum atomic E-state index is -0.532. The number of hydrogen-bond donors (Lipinski definition) is 3. The van der Waals surface area contributed by atoms with Crippen LogP contribution in [0.3, 0.4) is 0 Å². The Labute approximate surface area is 237 Å². The summed E-state index contributed by atoms with van der Waals surface area (Å²) in [6, 6.07) is 2.90. The second-order valence-electron chi connectivity index (χ2n) is 13.3. The van der Waals surface area contributed by atoms with Crippen LogP contribution in [0, 0.1) is 6.92 Å². The molecule has 5 fully saturated rings. The van der Waals surface area contributed by atoms with Gasteiger partial charge in [-0.2, -0.15) is 0 Å². The van der Waals surface area contributed by atoms with Gasteiger partial charge in [-0.3, -0.25) is 19.2 Å². The first kappa shape index (κ1) is 28.4. The molecule has 1 aromatic rings. The number of hydrogen-bond acceptors (Lipinski definition) is 5. The van der Waals surface area contributed by atoms with Gasteiger partial charge in [-0.15, -0.1) is 0 Å². The van der Waals surface area contributed by atoms with Crippen LogP contribution in [-0.2, 0) is 31.0 Å². The lowest BCUT2D eigenvalue weighted by Gasteiger charge is -2.45. The second kappa shape index (κ2) is 10.7. The lowest BCUT2D eigenvalue weighted by atomic mass is 9.79. The number of aromatic hydroxyl groups is 1. The normalized spacial score (nSPS) is 27.6. The van der Waals surface area contributed by atoms with Gasteiger partial charge in [0, 0.05) is 19.5 Å². The maximum absolute atomic E-state index is 12.7. The van der Waals surface area contributed by atoms with Crippen molar-refractivity contribution in [3.05, 3.63) is 28.8 Å². The van der Waals surface area contributed by atoms with Crippen molar-refractivity contribution in [2.24, 2.45) is 0 Å². The van der Waals surface area contributed by atoms with Gasteiger partial charge in [0.2, 0.25) is 23.6 Å². The molecule has 5 aliphatic rings. The number of fused-ring (bicyclic) bond motifs is 2. The Morgan fingerprint density at radius 3 is 2.17 bits per heavy atom. The van der Waals surface area contributed by atoms with E-state index < -0.39 is 11.6 Å². The smallest absolute Gasteiger partial charge is 0.249 e. The molecule has 40 heavy (non-hydrogen) atoms. The summed E-state index contributed by atoms with van der Waals surface area (Å²) in [6.07, 6.45) is 8.90. The van der Waals surface area contributed by atoms with Gasteiger partial charge in [0.05, 0.1) is 0 Å². The standard InChI is InChI=1S/C19H26N2O3.C12H18N2O2/c1-11-8-12(9-13(16(11)22)19(2,3)4)10-14-18(24)21-7-5-6-15(21)17(23)20-14;15-10-9-5-4-8-14(9)11(16)12(13-10)6-2-1-3-7-12/h8-9,14-15,22H,5-7,10H2,1-4H3,(H,20,23);9H,1-8H2,(H,13,15)/t14-,15-;9-/m00/s1. The third kappa shape index (κ3) is 5.19. The average molecular weight is 553 g/mol. The highest BCUT2D eigenvalue weighted by atomic mass is 16.3. The molecule has 4 amide bonds. The van der Waals surface area contributed by atoms with Crippen LogP contribution in [0.25, 0.3) is 0 Å². The highest BCUT2D eigenvalue weighted by Crippen LogP contribution is 2.36. The van der Waals surface area contributed by atoms with Crippen LogP contribution >= 0.6 is 0 Å². The lowest BCUT2D eigenvalue weighted by Crippen LogP contribution is -2.69. The first-order chi connectivity index (χ1) is 18.9. The van der Waals surface area contributed by atoms with Gasteiger partial charge >= 0.3 is 0 Å². The maximum atomic E-state index is 12.7. The van der Waals surface area contributed by atoms with E-state index in [2.05, 4.69) is 10.6 Å². The summed E-state index contributed by atoms with van der Waals surface area (Å²) in [5.41, 5.74) is 1.91. The number of amides is 4. The van der Waals surface area contributed by atoms with Crippen LogP contribution in [0.5, 0.6) is 5.75 Å². The summed E-state index contributed by atoms with van der Waals surface area (Å²) in [6.45, 7) is 9.47. The molecule has 3 atom stereocenters. The van der Waals surface area contributed by atoms with Crippen molar-refractivity contribution >= 4 is 23.6 Å². The van der Waals surface area contributed by atoms with Gasteiger partial charge in [-0.1, -0.05) is 52.2 Å². The predicted molar refractivity (Wildman–Crippen MR) is 151 cm³/mol. The number of aryl methyl sites for hydroxylation is 1. The third-order valence-electron chi connectivity index (χ3n) is 9.36. The van der Waals surface area contributed by atoms with Crippen LogP contribution in [-0.4, -0.2) is 75.3 Å². The molecule has 1 aromatic carbocycles. The molecule has 4 saturated heterocycles. The summed E-state index contributed by atoms with van der Waals surface area (Å²) < 4.78 is 0. The average Bonchev–Trinajstić information content (AvgIpc) is 3.59. The van der Waals surface area contributed by atoms with Gasteiger partial charge in [0.15, 0.2) is 0 Å². The predicted octanol–water partition coefficient (Wildman–Crippen LogP) is 2.84. The molecule has 0 aromatic heterocycles. The number of carbonyl (C=O) groups is 4. The summed E-state index contributed by atoms with van der Waals surface area (Å²) >= 11 is 0. The number of carbonyl (C=O) groups excluding carboxylic acids is 4. The monoisotopic (exact) mass is 552 g/mol. The molecule has 6 rings (SSSR count). The fourth-order valence-corrected chi connectivity index (χ4v) is 7.17. The summed E-state index contributed by atoms with van der Waals surface area (Å²) in [7, 11) is 0. The van der Waals surface area contributed by atoms with Crippen molar-refractivity contribution in [2.75, 3.05) is 13.1 Å². The van der Waals surface area contributed by atoms with Gasteiger partial charge in [-0.05, 0) is 67.6 Å². The van der Waals surface area contributed by atoms with E-state index in [0.29, 0.717) is 18.7 Å². The highest BCUT2D eigenvalue weighted by molar-refractivity contribution is 6.00. The molecule has 0 radical (unpaired) electrons. The SMILES string of the molecule is Cc1cc(C[C@@H]2NC(=O)[C@@H]3CCCN3C2=O)cc(C(C)(C)C)c1O.O=C1NC2(CCCCC2)C(=O)N2CCC[C@@H]12. The van der Waals surface area contributed by atoms with Gasteiger partial charge in [-0.25, -0.2) is 0 Å². The molecule has 1 spiro atoms. The Morgan fingerprint density at radius 1 is 0.900 bits per heavy atom. The molecule has 9 nitrogen and oxygen atoms in total. The number of phenols is 1. The fourth-order valence-electron chi connectivity index (χ4n) is 7.17. The van der Waals surface area contributed by atoms with Gasteiger partial charge < -0.3 is 25.5 Å². The van der Waals surface area contributed by atoms with E-state index in [4.69, 9.17) is 0 Å². The van der Waals surface area contributed by atoms with E-state index in [0.717, 1.165) is 74.6 Å². The van der Waals surface area contributed by atoms with Crippen molar-refractivity contribution in [1.29, 1.82) is 0 Å². The Kier molecular flexibility index (Phi) is 7.61. The van der Waals surface area contributed by atoms with E-state index in [1.165, 1.54) is 6.42 Å². The molecule has 1 saturated carbocycles. The van der Waals surface area contributed by atoms with Crippen LogP contribution in [0.2, 0.25) is 0 Å². The van der Waals surface area contributed by atoms with E-state index in [1.54, 1.807) is 4.90 Å². The Hall–Kier alpha value is -3.10. The fraction of sp³-hybridized carbons (Fsp3) is 0.677. The largest absolute Gasteiger partial charge is 0.507 e. The Balaban J connectivity index is 0.000000174. The lowest BCUT2D eigenvalue weighted by molar-refractivity contribution is -0.154. The molecule has 3 N–H and O–H groups in total. The topological polar surface area (TPSA) is 119 Å². The minimum absolute atomic E-state index is 0.0140. The second-order valence-corrected chi connectivity index (χ2v) is 13.3. The Morgan fingerprint density at radius 2 is 1.52 bits per heavy atom. The van der Waals surface area contributed by atoms with Crippen molar-refractivity contribution < 1.29 is 24.3 Å². The van der Waals surface area contributed by atoms with Crippen LogP contribution in [0.4, 0.5) is 0 Å². The minimum Gasteiger partial charge on any atom is -0.507 e. The molecule has 218 valence electrons. The number of nitrogens with zero attached hydrogens (tertiary/aromatic N) is 2. The highest BCUT2D eigenvalue weighted by Gasteiger charge is 2.52. The molecule has 4 aliphatic heterocycles. The molecule has 1 aliphatic carbocycles. The van der Waals surface area contributed by atoms with Gasteiger partial charge in [0.25, 0.3) is 0 Å². The summed E-state index contributed by atoms with van der Waals surface area (Å²) in [5, 5.41) is 16.2. The van der Waals surface area contributed by atoms with Crippen molar-refractivity contribution in [1.82, 2.24) is 20.4 Å². The zero-order valence-corrected chi connectivity index (χ0v) is 24.3. The molecule has 9 heteroatoms. The van der Waals surface area contributed by atoms with Crippen molar-refractivity contribution in [2.45, 2.75) is 121 Å².